The molecule has 0 aromatic heterocycles. The summed E-state index contributed by atoms with van der Waals surface area (Å²) in [6.45, 7) is 0. The molecule has 126 valence electrons. The largest absolute Gasteiger partial charge is 1.00 e. The molecule has 0 aliphatic carbocycles. The van der Waals surface area contributed by atoms with Gasteiger partial charge in [0, 0.05) is 33.5 Å². The van der Waals surface area contributed by atoms with Crippen LogP contribution in [0.4, 0.5) is 5.69 Å². The van der Waals surface area contributed by atoms with Crippen LogP contribution >= 0.6 is 11.6 Å². The molecular weight excluding hydrogens is 450 g/mol. The van der Waals surface area contributed by atoms with E-state index >= 15 is 0 Å². The number of amides is 1. The Hall–Kier alpha value is 1.11. The summed E-state index contributed by atoms with van der Waals surface area (Å²) in [6, 6.07) is 12.5. The van der Waals surface area contributed by atoms with Gasteiger partial charge in [-0.15, -0.1) is 0 Å². The first kappa shape index (κ1) is 29.3. The summed E-state index contributed by atoms with van der Waals surface area (Å²) < 4.78 is 0. The molecule has 1 atom stereocenters. The smallest absolute Gasteiger partial charge is 1.00 e. The number of nitrogens with zero attached hydrogens (tertiary/aromatic N) is 1. The van der Waals surface area contributed by atoms with Crippen molar-refractivity contribution in [2.45, 2.75) is 6.04 Å². The van der Waals surface area contributed by atoms with Gasteiger partial charge in [0.1, 0.15) is 0 Å². The number of benzene rings is 2. The minimum Gasteiger partial charge on any atom is -1.00 e. The van der Waals surface area contributed by atoms with E-state index in [1.807, 2.05) is 18.2 Å². The molecule has 0 saturated carbocycles. The minimum atomic E-state index is -1.50. The fraction of sp³-hybridized carbons (Fsp3) is 0.0625. The van der Waals surface area contributed by atoms with E-state index < -0.39 is 17.9 Å². The predicted molar refractivity (Wildman–Crippen MR) is 86.6 cm³/mol. The van der Waals surface area contributed by atoms with Crippen molar-refractivity contribution in [1.29, 1.82) is 0 Å². The van der Waals surface area contributed by atoms with Crippen LogP contribution < -0.4 is 108 Å². The summed E-state index contributed by atoms with van der Waals surface area (Å²) in [5, 5.41) is 12.3. The van der Waals surface area contributed by atoms with Crippen LogP contribution in [-0.2, 0) is 27.0 Å². The molecule has 0 saturated heterocycles. The molecule has 1 amide bonds. The quantitative estimate of drug-likeness (QED) is 0.357. The standard InChI is InChI=1S/C16H11ClN2O3.Cr.2K.H2O.H/c17-10-6-7-12-11(8-10)13(9-4-2-1-3-5-9)19-14(16(21)22)15(20)18-12;;;;;/h1-8,14H,(H,18,20)(H,21,22);;;;1H2;/q;;2*+1;;-1/p-1. The second kappa shape index (κ2) is 13.4. The number of carboxylic acids is 1. The molecule has 1 aliphatic heterocycles. The molecule has 1 aliphatic rings. The number of carbonyl (C=O) groups excluding carboxylic acids is 1. The van der Waals surface area contributed by atoms with Gasteiger partial charge < -0.3 is 17.3 Å². The number of aliphatic carboxylic acids is 1. The zero-order valence-electron chi connectivity index (χ0n) is 15.1. The number of carbonyl (C=O) groups is 2. The molecule has 10 heteroatoms. The molecule has 3 rings (SSSR count). The van der Waals surface area contributed by atoms with Crippen molar-refractivity contribution in [2.24, 2.45) is 4.99 Å². The molecule has 0 fully saturated rings. The fourth-order valence-electron chi connectivity index (χ4n) is 2.27. The maximum absolute atomic E-state index is 12.0. The summed E-state index contributed by atoms with van der Waals surface area (Å²) in [5.41, 5.74) is 2.22. The Labute approximate surface area is 252 Å². The third kappa shape index (κ3) is 6.86. The number of hydrogen-bond donors (Lipinski definition) is 2. The third-order valence-electron chi connectivity index (χ3n) is 3.28. The Kier molecular flexibility index (Phi) is 15.0. The molecule has 0 spiro atoms. The average molecular weight is 463 g/mol. The average Bonchev–Trinajstić information content (AvgIpc) is 2.64. The van der Waals surface area contributed by atoms with E-state index in [-0.39, 0.29) is 127 Å². The minimum absolute atomic E-state index is 0. The van der Waals surface area contributed by atoms with Gasteiger partial charge in [-0.3, -0.25) is 9.79 Å². The Morgan fingerprint density at radius 1 is 1.15 bits per heavy atom. The molecule has 0 bridgehead atoms. The summed E-state index contributed by atoms with van der Waals surface area (Å²) in [5.74, 6) is -1.98. The first-order valence-corrected chi connectivity index (χ1v) is 6.91. The topological polar surface area (TPSA) is 109 Å². The van der Waals surface area contributed by atoms with Crippen molar-refractivity contribution in [1.82, 2.24) is 0 Å². The van der Waals surface area contributed by atoms with Crippen LogP contribution in [0, 0.1) is 0 Å². The molecular formula is C16H13ClCrK2N2O4. The third-order valence-corrected chi connectivity index (χ3v) is 3.52. The Morgan fingerprint density at radius 3 is 2.35 bits per heavy atom. The molecule has 26 heavy (non-hydrogen) atoms. The van der Waals surface area contributed by atoms with E-state index in [1.54, 1.807) is 30.3 Å². The van der Waals surface area contributed by atoms with Gasteiger partial charge in [0.2, 0.25) is 6.04 Å². The monoisotopic (exact) mass is 462 g/mol. The van der Waals surface area contributed by atoms with Gasteiger partial charge in [0.25, 0.3) is 5.91 Å². The van der Waals surface area contributed by atoms with E-state index in [2.05, 4.69) is 10.3 Å². The number of aliphatic imine (C=N–C) groups is 1. The summed E-state index contributed by atoms with van der Waals surface area (Å²) >= 11 is 6.03. The molecule has 2 aromatic rings. The normalized spacial score (nSPS) is 14.4. The predicted octanol–water partition coefficient (Wildman–Crippen LogP) is -3.48. The number of hydrogen-bond acceptors (Lipinski definition) is 4. The van der Waals surface area contributed by atoms with Crippen LogP contribution in [-0.4, -0.2) is 34.2 Å². The summed E-state index contributed by atoms with van der Waals surface area (Å²) in [6.07, 6.45) is 0. The summed E-state index contributed by atoms with van der Waals surface area (Å²) in [7, 11) is 0. The van der Waals surface area contributed by atoms with Gasteiger partial charge >= 0.3 is 109 Å². The summed E-state index contributed by atoms with van der Waals surface area (Å²) in [4.78, 5) is 27.5. The first-order chi connectivity index (χ1) is 10.6. The van der Waals surface area contributed by atoms with Crippen molar-refractivity contribution in [3.05, 3.63) is 64.7 Å². The molecule has 0 radical (unpaired) electrons. The van der Waals surface area contributed by atoms with Crippen LogP contribution in [0.25, 0.3) is 0 Å². The number of fused-ring (bicyclic) bond motifs is 1. The Balaban J connectivity index is -0.00000115. The van der Waals surface area contributed by atoms with Crippen LogP contribution in [0.2, 0.25) is 5.02 Å². The first-order valence-electron chi connectivity index (χ1n) is 6.53. The zero-order chi connectivity index (χ0) is 15.7. The number of anilines is 1. The number of carboxylic acid groups (broad SMARTS) is 1. The molecule has 6 nitrogen and oxygen atoms in total. The van der Waals surface area contributed by atoms with Gasteiger partial charge in [0.15, 0.2) is 0 Å². The van der Waals surface area contributed by atoms with Gasteiger partial charge in [0.05, 0.1) is 11.4 Å². The number of benzodiazepines with no additional fused rings is 1. The zero-order valence-corrected chi connectivity index (χ0v) is 22.4. The fourth-order valence-corrected chi connectivity index (χ4v) is 2.45. The van der Waals surface area contributed by atoms with Crippen molar-refractivity contribution in [3.8, 4) is 0 Å². The Bertz CT molecular complexity index is 812. The van der Waals surface area contributed by atoms with Gasteiger partial charge in [-0.05, 0) is 18.2 Å². The van der Waals surface area contributed by atoms with E-state index in [4.69, 9.17) is 11.6 Å². The second-order valence-corrected chi connectivity index (χ2v) is 5.20. The van der Waals surface area contributed by atoms with E-state index in [1.165, 1.54) is 0 Å². The van der Waals surface area contributed by atoms with Crippen LogP contribution in [0.15, 0.2) is 53.5 Å². The van der Waals surface area contributed by atoms with E-state index in [0.29, 0.717) is 27.5 Å². The van der Waals surface area contributed by atoms with Crippen molar-refractivity contribution in [2.75, 3.05) is 5.32 Å². The maximum Gasteiger partial charge on any atom is 1.00 e. The number of rotatable bonds is 2. The van der Waals surface area contributed by atoms with Crippen molar-refractivity contribution >= 4 is 34.9 Å². The number of nitrogens with one attached hydrogen (secondary N) is 1. The van der Waals surface area contributed by atoms with Crippen LogP contribution in [0.3, 0.4) is 0 Å². The van der Waals surface area contributed by atoms with Gasteiger partial charge in [-0.1, -0.05) is 41.9 Å². The SMILES string of the molecule is O=C(O)C1N=C(c2ccccc2)c2cc(Cl)ccc2NC1=O.[Cr].[H-].[K+].[K+].[OH-]. The van der Waals surface area contributed by atoms with E-state index in [0.717, 1.165) is 0 Å². The van der Waals surface area contributed by atoms with Crippen molar-refractivity contribution in [3.63, 3.8) is 0 Å². The number of halogens is 1. The van der Waals surface area contributed by atoms with Gasteiger partial charge in [-0.25, -0.2) is 4.79 Å². The second-order valence-electron chi connectivity index (χ2n) is 4.76. The molecule has 1 heterocycles. The van der Waals surface area contributed by atoms with Crippen LogP contribution in [0.1, 0.15) is 12.6 Å². The van der Waals surface area contributed by atoms with Crippen molar-refractivity contribution < 1.29 is 142 Å². The molecule has 1 unspecified atom stereocenters. The molecule has 3 N–H and O–H groups in total. The Morgan fingerprint density at radius 2 is 1.77 bits per heavy atom. The molecule has 2 aromatic carbocycles. The maximum atomic E-state index is 12.0. The van der Waals surface area contributed by atoms with Gasteiger partial charge in [-0.2, -0.15) is 0 Å². The van der Waals surface area contributed by atoms with Crippen LogP contribution in [0.5, 0.6) is 0 Å². The van der Waals surface area contributed by atoms with E-state index in [9.17, 15) is 14.7 Å².